The van der Waals surface area contributed by atoms with E-state index >= 15 is 0 Å². The number of pyridine rings is 1. The van der Waals surface area contributed by atoms with E-state index in [9.17, 15) is 4.79 Å². The van der Waals surface area contributed by atoms with Crippen LogP contribution in [0.4, 0.5) is 5.69 Å². The van der Waals surface area contributed by atoms with Gasteiger partial charge in [-0.05, 0) is 60.7 Å². The average Bonchev–Trinajstić information content (AvgIpc) is 2.92. The third kappa shape index (κ3) is 5.19. The van der Waals surface area contributed by atoms with Gasteiger partial charge in [0.1, 0.15) is 5.75 Å². The molecular weight excluding hydrogens is 444 g/mol. The molecule has 1 amide bonds. The van der Waals surface area contributed by atoms with E-state index in [2.05, 4.69) is 5.32 Å². The smallest absolute Gasteiger partial charge is 0.255 e. The second kappa shape index (κ2) is 10.6. The normalized spacial score (nSPS) is 10.4. The zero-order chi connectivity index (χ0) is 24.8. The first-order valence-corrected chi connectivity index (χ1v) is 10.9. The molecule has 0 radical (unpaired) electrons. The molecule has 1 aromatic heterocycles. The maximum atomic E-state index is 13.0. The third-order valence-corrected chi connectivity index (χ3v) is 5.48. The molecule has 4 rings (SSSR count). The van der Waals surface area contributed by atoms with Crippen molar-refractivity contribution in [2.24, 2.45) is 0 Å². The van der Waals surface area contributed by atoms with E-state index in [-0.39, 0.29) is 5.91 Å². The molecule has 1 N–H and O–H groups in total. The number of aromatic nitrogens is 1. The van der Waals surface area contributed by atoms with Gasteiger partial charge in [0.05, 0.1) is 39.8 Å². The Hall–Kier alpha value is -4.52. The number of hydrogen-bond acceptors (Lipinski definition) is 6. The first-order valence-electron chi connectivity index (χ1n) is 10.9. The van der Waals surface area contributed by atoms with Crippen LogP contribution in [-0.2, 0) is 0 Å². The molecule has 0 aliphatic heterocycles. The van der Waals surface area contributed by atoms with Gasteiger partial charge in [-0.25, -0.2) is 4.98 Å². The zero-order valence-electron chi connectivity index (χ0n) is 20.0. The molecule has 35 heavy (non-hydrogen) atoms. The Morgan fingerprint density at radius 1 is 0.686 bits per heavy atom. The van der Waals surface area contributed by atoms with Crippen LogP contribution in [0.2, 0.25) is 0 Å². The van der Waals surface area contributed by atoms with Gasteiger partial charge in [0.2, 0.25) is 5.75 Å². The number of nitrogens with one attached hydrogen (secondary N) is 1. The Balaban J connectivity index is 1.59. The third-order valence-electron chi connectivity index (χ3n) is 5.48. The molecule has 3 aromatic carbocycles. The second-order valence-corrected chi connectivity index (χ2v) is 7.59. The summed E-state index contributed by atoms with van der Waals surface area (Å²) in [7, 11) is 6.18. The summed E-state index contributed by atoms with van der Waals surface area (Å²) in [6.07, 6.45) is 0. The summed E-state index contributed by atoms with van der Waals surface area (Å²) in [4.78, 5) is 17.8. The van der Waals surface area contributed by atoms with Crippen LogP contribution in [0, 0.1) is 0 Å². The highest BCUT2D eigenvalue weighted by Gasteiger charge is 2.17. The van der Waals surface area contributed by atoms with Gasteiger partial charge in [0.15, 0.2) is 11.5 Å². The molecule has 1 heterocycles. The van der Waals surface area contributed by atoms with Gasteiger partial charge in [0, 0.05) is 22.4 Å². The summed E-state index contributed by atoms with van der Waals surface area (Å²) in [5, 5.41) is 2.93. The van der Waals surface area contributed by atoms with Gasteiger partial charge >= 0.3 is 0 Å². The van der Waals surface area contributed by atoms with E-state index in [1.165, 1.54) is 21.3 Å². The minimum absolute atomic E-state index is 0.304. The molecule has 0 saturated carbocycles. The molecule has 4 aromatic rings. The molecule has 7 nitrogen and oxygen atoms in total. The van der Waals surface area contributed by atoms with Crippen molar-refractivity contribution in [2.45, 2.75) is 0 Å². The minimum atomic E-state index is -0.304. The van der Waals surface area contributed by atoms with E-state index < -0.39 is 0 Å². The van der Waals surface area contributed by atoms with Crippen molar-refractivity contribution in [2.75, 3.05) is 33.8 Å². The largest absolute Gasteiger partial charge is 0.497 e. The van der Waals surface area contributed by atoms with Crippen LogP contribution >= 0.6 is 0 Å². The molecule has 0 fully saturated rings. The lowest BCUT2D eigenvalue weighted by Crippen LogP contribution is -2.12. The lowest BCUT2D eigenvalue weighted by atomic mass is 10.1. The molecule has 0 aliphatic carbocycles. The van der Waals surface area contributed by atoms with Crippen LogP contribution in [0.15, 0.2) is 78.9 Å². The number of methoxy groups -OCH3 is 4. The van der Waals surface area contributed by atoms with Gasteiger partial charge in [0.25, 0.3) is 5.91 Å². The fraction of sp³-hybridized carbons (Fsp3) is 0.143. The average molecular weight is 471 g/mol. The molecule has 0 saturated heterocycles. The van der Waals surface area contributed by atoms with Crippen molar-refractivity contribution < 1.29 is 23.7 Å². The number of anilines is 1. The Kier molecular flexibility index (Phi) is 7.16. The van der Waals surface area contributed by atoms with Crippen molar-refractivity contribution >= 4 is 11.6 Å². The number of benzene rings is 3. The predicted octanol–water partition coefficient (Wildman–Crippen LogP) is 5.70. The zero-order valence-corrected chi connectivity index (χ0v) is 20.0. The van der Waals surface area contributed by atoms with Crippen molar-refractivity contribution in [1.29, 1.82) is 0 Å². The van der Waals surface area contributed by atoms with Crippen LogP contribution in [0.5, 0.6) is 23.0 Å². The Morgan fingerprint density at radius 2 is 1.31 bits per heavy atom. The number of hydrogen-bond donors (Lipinski definition) is 1. The fourth-order valence-corrected chi connectivity index (χ4v) is 3.69. The second-order valence-electron chi connectivity index (χ2n) is 7.59. The molecule has 0 unspecified atom stereocenters. The van der Waals surface area contributed by atoms with Gasteiger partial charge in [-0.3, -0.25) is 4.79 Å². The minimum Gasteiger partial charge on any atom is -0.497 e. The lowest BCUT2D eigenvalue weighted by Gasteiger charge is -2.14. The molecule has 0 spiro atoms. The summed E-state index contributed by atoms with van der Waals surface area (Å²) < 4.78 is 21.3. The fourth-order valence-electron chi connectivity index (χ4n) is 3.69. The molecule has 178 valence electrons. The quantitative estimate of drug-likeness (QED) is 0.356. The summed E-state index contributed by atoms with van der Waals surface area (Å²) >= 11 is 0. The van der Waals surface area contributed by atoms with Crippen LogP contribution in [-0.4, -0.2) is 39.3 Å². The highest BCUT2D eigenvalue weighted by molar-refractivity contribution is 6.05. The van der Waals surface area contributed by atoms with Crippen LogP contribution < -0.4 is 24.3 Å². The van der Waals surface area contributed by atoms with Gasteiger partial charge in [-0.1, -0.05) is 18.2 Å². The van der Waals surface area contributed by atoms with E-state index in [0.717, 1.165) is 28.3 Å². The summed E-state index contributed by atoms with van der Waals surface area (Å²) in [6.45, 7) is 0. The number of ether oxygens (including phenoxy) is 4. The van der Waals surface area contributed by atoms with Crippen molar-refractivity contribution in [3.63, 3.8) is 0 Å². The highest BCUT2D eigenvalue weighted by Crippen LogP contribution is 2.38. The summed E-state index contributed by atoms with van der Waals surface area (Å²) in [5.41, 5.74) is 4.52. The summed E-state index contributed by atoms with van der Waals surface area (Å²) in [6, 6.07) is 24.4. The van der Waals surface area contributed by atoms with Crippen molar-refractivity contribution in [1.82, 2.24) is 4.98 Å². The SMILES string of the molecule is COc1ccc(-c2cccc(-c3cccc(NC(=O)c4cc(OC)c(OC)c(OC)c4)c3)n2)cc1. The monoisotopic (exact) mass is 470 g/mol. The maximum absolute atomic E-state index is 13.0. The van der Waals surface area contributed by atoms with Crippen molar-refractivity contribution in [3.05, 3.63) is 84.4 Å². The van der Waals surface area contributed by atoms with Crippen molar-refractivity contribution in [3.8, 4) is 45.5 Å². The first kappa shape index (κ1) is 23.6. The molecular formula is C28H26N2O5. The van der Waals surface area contributed by atoms with Crippen LogP contribution in [0.1, 0.15) is 10.4 Å². The van der Waals surface area contributed by atoms with E-state index in [0.29, 0.717) is 28.5 Å². The Morgan fingerprint density at radius 3 is 1.91 bits per heavy atom. The van der Waals surface area contributed by atoms with E-state index in [1.807, 2.05) is 66.7 Å². The number of amides is 1. The number of nitrogens with zero attached hydrogens (tertiary/aromatic N) is 1. The highest BCUT2D eigenvalue weighted by atomic mass is 16.5. The molecule has 0 bridgehead atoms. The first-order chi connectivity index (χ1) is 17.1. The van der Waals surface area contributed by atoms with Gasteiger partial charge in [-0.2, -0.15) is 0 Å². The van der Waals surface area contributed by atoms with Crippen LogP contribution in [0.3, 0.4) is 0 Å². The van der Waals surface area contributed by atoms with Crippen LogP contribution in [0.25, 0.3) is 22.5 Å². The lowest BCUT2D eigenvalue weighted by molar-refractivity contribution is 0.102. The van der Waals surface area contributed by atoms with Gasteiger partial charge in [-0.15, -0.1) is 0 Å². The standard InChI is InChI=1S/C28H26N2O5/c1-32-22-13-11-18(12-14-22)23-9-6-10-24(30-23)19-7-5-8-21(15-19)29-28(31)20-16-25(33-2)27(35-4)26(17-20)34-3/h5-17H,1-4H3,(H,29,31). The topological polar surface area (TPSA) is 78.9 Å². The molecule has 0 aliphatic rings. The molecule has 7 heteroatoms. The Labute approximate surface area is 204 Å². The maximum Gasteiger partial charge on any atom is 0.255 e. The summed E-state index contributed by atoms with van der Waals surface area (Å²) in [5.74, 6) is 1.73. The Bertz CT molecular complexity index is 1310. The van der Waals surface area contributed by atoms with E-state index in [1.54, 1.807) is 19.2 Å². The number of rotatable bonds is 8. The molecule has 0 atom stereocenters. The number of carbonyl (C=O) groups is 1. The van der Waals surface area contributed by atoms with Gasteiger partial charge < -0.3 is 24.3 Å². The van der Waals surface area contributed by atoms with E-state index in [4.69, 9.17) is 23.9 Å². The predicted molar refractivity (Wildman–Crippen MR) is 136 cm³/mol. The number of carbonyl (C=O) groups excluding carboxylic acids is 1.